The second kappa shape index (κ2) is 6.24. The minimum Gasteiger partial charge on any atom is -0.343 e. The Morgan fingerprint density at radius 3 is 2.62 bits per heavy atom. The van der Waals surface area contributed by atoms with Crippen LogP contribution in [0.3, 0.4) is 0 Å². The van der Waals surface area contributed by atoms with Crippen LogP contribution in [0.4, 0.5) is 0 Å². The van der Waals surface area contributed by atoms with Crippen LogP contribution in [0.5, 0.6) is 0 Å². The van der Waals surface area contributed by atoms with E-state index in [4.69, 9.17) is 4.98 Å². The number of aromatic nitrogens is 3. The fourth-order valence-corrected chi connectivity index (χ4v) is 3.83. The summed E-state index contributed by atoms with van der Waals surface area (Å²) in [6.45, 7) is 6.20. The van der Waals surface area contributed by atoms with E-state index in [0.29, 0.717) is 17.4 Å². The first-order chi connectivity index (χ1) is 12.5. The quantitative estimate of drug-likeness (QED) is 0.772. The van der Waals surface area contributed by atoms with Gasteiger partial charge in [0.1, 0.15) is 16.9 Å². The summed E-state index contributed by atoms with van der Waals surface area (Å²) in [7, 11) is 0. The predicted molar refractivity (Wildman–Crippen MR) is 103 cm³/mol. The van der Waals surface area contributed by atoms with Gasteiger partial charge < -0.3 is 4.98 Å². The maximum Gasteiger partial charge on any atom is 0.271 e. The van der Waals surface area contributed by atoms with Gasteiger partial charge in [-0.2, -0.15) is 0 Å². The Balaban J connectivity index is 2.10. The standard InChI is InChI=1S/C21H23N3O2/c1-12(2)20-23-19-17(21(26)24(20)14-7-5-4-6-8-14)18(25)15-10-9-13(3)11-16(15)22-19/h4-8,12-13H,9-11H2,1-3H3,(H,22,25). The number of nitrogens with zero attached hydrogens (tertiary/aromatic N) is 2. The molecule has 5 heteroatoms. The van der Waals surface area contributed by atoms with Gasteiger partial charge in [-0.15, -0.1) is 0 Å². The van der Waals surface area contributed by atoms with Crippen LogP contribution in [-0.4, -0.2) is 14.5 Å². The second-order valence-electron chi connectivity index (χ2n) is 7.58. The molecule has 0 spiro atoms. The van der Waals surface area contributed by atoms with E-state index in [9.17, 15) is 9.59 Å². The molecule has 134 valence electrons. The fraction of sp³-hybridized carbons (Fsp3) is 0.381. The summed E-state index contributed by atoms with van der Waals surface area (Å²) in [6.07, 6.45) is 2.53. The third kappa shape index (κ3) is 2.59. The summed E-state index contributed by atoms with van der Waals surface area (Å²) >= 11 is 0. The SMILES string of the molecule is CC1CCc2c([nH]c3nc(C(C)C)n(-c4ccccc4)c(=O)c3c2=O)C1. The smallest absolute Gasteiger partial charge is 0.271 e. The summed E-state index contributed by atoms with van der Waals surface area (Å²) in [5.74, 6) is 1.24. The number of H-pyrrole nitrogens is 1. The van der Waals surface area contributed by atoms with E-state index in [-0.39, 0.29) is 22.3 Å². The van der Waals surface area contributed by atoms with Crippen molar-refractivity contribution in [3.05, 3.63) is 68.0 Å². The highest BCUT2D eigenvalue weighted by Crippen LogP contribution is 2.24. The van der Waals surface area contributed by atoms with Gasteiger partial charge in [-0.05, 0) is 37.3 Å². The summed E-state index contributed by atoms with van der Waals surface area (Å²) in [6, 6.07) is 9.41. The van der Waals surface area contributed by atoms with Crippen LogP contribution in [-0.2, 0) is 12.8 Å². The van der Waals surface area contributed by atoms with Crippen molar-refractivity contribution in [2.75, 3.05) is 0 Å². The molecule has 1 aromatic carbocycles. The van der Waals surface area contributed by atoms with E-state index in [1.165, 1.54) is 0 Å². The van der Waals surface area contributed by atoms with Crippen LogP contribution in [0.25, 0.3) is 16.7 Å². The van der Waals surface area contributed by atoms with Gasteiger partial charge in [-0.25, -0.2) is 4.98 Å². The predicted octanol–water partition coefficient (Wildman–Crippen LogP) is 3.32. The molecule has 1 aliphatic carbocycles. The van der Waals surface area contributed by atoms with Gasteiger partial charge in [0.05, 0.1) is 5.69 Å². The average Bonchev–Trinajstić information content (AvgIpc) is 2.61. The van der Waals surface area contributed by atoms with Gasteiger partial charge in [0.2, 0.25) is 0 Å². The van der Waals surface area contributed by atoms with Gasteiger partial charge in [0.15, 0.2) is 5.43 Å². The van der Waals surface area contributed by atoms with Crippen LogP contribution in [0, 0.1) is 5.92 Å². The molecule has 3 aromatic rings. The highest BCUT2D eigenvalue weighted by molar-refractivity contribution is 5.75. The molecule has 26 heavy (non-hydrogen) atoms. The molecule has 0 saturated carbocycles. The first-order valence-electron chi connectivity index (χ1n) is 9.23. The molecule has 0 saturated heterocycles. The lowest BCUT2D eigenvalue weighted by atomic mass is 9.87. The third-order valence-corrected chi connectivity index (χ3v) is 5.21. The zero-order valence-corrected chi connectivity index (χ0v) is 15.4. The lowest BCUT2D eigenvalue weighted by Gasteiger charge is -2.22. The maximum absolute atomic E-state index is 13.3. The van der Waals surface area contributed by atoms with Crippen molar-refractivity contribution in [3.63, 3.8) is 0 Å². The number of fused-ring (bicyclic) bond motifs is 2. The number of pyridine rings is 1. The summed E-state index contributed by atoms with van der Waals surface area (Å²) < 4.78 is 1.58. The Morgan fingerprint density at radius 1 is 1.19 bits per heavy atom. The van der Waals surface area contributed by atoms with Crippen LogP contribution in [0.1, 0.15) is 50.2 Å². The van der Waals surface area contributed by atoms with Crippen molar-refractivity contribution in [1.82, 2.24) is 14.5 Å². The van der Waals surface area contributed by atoms with Crippen LogP contribution < -0.4 is 11.0 Å². The molecule has 1 N–H and O–H groups in total. The molecule has 1 atom stereocenters. The number of nitrogens with one attached hydrogen (secondary N) is 1. The zero-order chi connectivity index (χ0) is 18.4. The number of rotatable bonds is 2. The molecule has 1 aliphatic rings. The molecule has 4 rings (SSSR count). The van der Waals surface area contributed by atoms with Gasteiger partial charge in [0, 0.05) is 17.2 Å². The van der Waals surface area contributed by atoms with Crippen molar-refractivity contribution >= 4 is 11.0 Å². The molecular weight excluding hydrogens is 326 g/mol. The minimum absolute atomic E-state index is 0.0470. The van der Waals surface area contributed by atoms with Crippen molar-refractivity contribution in [2.45, 2.75) is 46.0 Å². The minimum atomic E-state index is -0.285. The Morgan fingerprint density at radius 2 is 1.92 bits per heavy atom. The highest BCUT2D eigenvalue weighted by atomic mass is 16.1. The Kier molecular flexibility index (Phi) is 4.02. The molecule has 5 nitrogen and oxygen atoms in total. The van der Waals surface area contributed by atoms with Crippen molar-refractivity contribution in [3.8, 4) is 5.69 Å². The monoisotopic (exact) mass is 349 g/mol. The molecule has 0 bridgehead atoms. The lowest BCUT2D eigenvalue weighted by molar-refractivity contribution is 0.491. The molecule has 2 heterocycles. The van der Waals surface area contributed by atoms with Crippen molar-refractivity contribution in [2.24, 2.45) is 5.92 Å². The van der Waals surface area contributed by atoms with Crippen LogP contribution in [0.2, 0.25) is 0 Å². The lowest BCUT2D eigenvalue weighted by Crippen LogP contribution is -2.32. The Hall–Kier alpha value is -2.69. The first kappa shape index (κ1) is 16.8. The molecule has 0 radical (unpaired) electrons. The zero-order valence-electron chi connectivity index (χ0n) is 15.4. The first-order valence-corrected chi connectivity index (χ1v) is 9.23. The molecular formula is C21H23N3O2. The molecule has 0 aliphatic heterocycles. The summed E-state index contributed by atoms with van der Waals surface area (Å²) in [5, 5.41) is 0.173. The van der Waals surface area contributed by atoms with E-state index in [1.54, 1.807) is 4.57 Å². The van der Waals surface area contributed by atoms with E-state index in [2.05, 4.69) is 11.9 Å². The largest absolute Gasteiger partial charge is 0.343 e. The van der Waals surface area contributed by atoms with E-state index in [1.807, 2.05) is 44.2 Å². The van der Waals surface area contributed by atoms with Crippen molar-refractivity contribution in [1.29, 1.82) is 0 Å². The maximum atomic E-state index is 13.3. The number of benzene rings is 1. The topological polar surface area (TPSA) is 67.8 Å². The molecule has 0 amide bonds. The number of hydrogen-bond donors (Lipinski definition) is 1. The Bertz CT molecular complexity index is 1090. The van der Waals surface area contributed by atoms with Crippen LogP contribution >= 0.6 is 0 Å². The van der Waals surface area contributed by atoms with Gasteiger partial charge in [0.25, 0.3) is 5.56 Å². The summed E-state index contributed by atoms with van der Waals surface area (Å²) in [5.41, 5.74) is 2.42. The molecule has 2 aromatic heterocycles. The van der Waals surface area contributed by atoms with Crippen molar-refractivity contribution < 1.29 is 0 Å². The second-order valence-corrected chi connectivity index (χ2v) is 7.58. The van der Waals surface area contributed by atoms with E-state index in [0.717, 1.165) is 36.2 Å². The molecule has 0 fully saturated rings. The fourth-order valence-electron chi connectivity index (χ4n) is 3.83. The van der Waals surface area contributed by atoms with Gasteiger partial charge in [-0.1, -0.05) is 39.0 Å². The normalized spacial score (nSPS) is 16.8. The summed E-state index contributed by atoms with van der Waals surface area (Å²) in [4.78, 5) is 34.4. The Labute approximate surface area is 151 Å². The number of para-hydroxylation sites is 1. The van der Waals surface area contributed by atoms with E-state index >= 15 is 0 Å². The third-order valence-electron chi connectivity index (χ3n) is 5.21. The average molecular weight is 349 g/mol. The number of aromatic amines is 1. The van der Waals surface area contributed by atoms with E-state index < -0.39 is 0 Å². The van der Waals surface area contributed by atoms with Gasteiger partial charge >= 0.3 is 0 Å². The van der Waals surface area contributed by atoms with Gasteiger partial charge in [-0.3, -0.25) is 14.2 Å². The number of hydrogen-bond acceptors (Lipinski definition) is 3. The molecule has 1 unspecified atom stereocenters. The highest BCUT2D eigenvalue weighted by Gasteiger charge is 2.24. The van der Waals surface area contributed by atoms with Crippen LogP contribution in [0.15, 0.2) is 39.9 Å².